The minimum absolute atomic E-state index is 0.405. The van der Waals surface area contributed by atoms with Crippen molar-refractivity contribution in [2.45, 2.75) is 26.2 Å². The van der Waals surface area contributed by atoms with Crippen molar-refractivity contribution in [2.75, 3.05) is 14.2 Å². The van der Waals surface area contributed by atoms with E-state index in [-0.39, 0.29) is 0 Å². The maximum absolute atomic E-state index is 11.3. The number of benzene rings is 1. The zero-order valence-corrected chi connectivity index (χ0v) is 12.8. The highest BCUT2D eigenvalue weighted by atomic mass is 16.7. The number of hydrogen-bond acceptors (Lipinski definition) is 4. The van der Waals surface area contributed by atoms with Crippen LogP contribution >= 0.6 is 0 Å². The molecule has 1 atom stereocenters. The van der Waals surface area contributed by atoms with Crippen LogP contribution in [0, 0.1) is 11.8 Å². The van der Waals surface area contributed by atoms with Gasteiger partial charge in [0, 0.05) is 32.3 Å². The summed E-state index contributed by atoms with van der Waals surface area (Å²) in [5.41, 5.74) is 2.19. The van der Waals surface area contributed by atoms with Crippen LogP contribution in [-0.4, -0.2) is 20.2 Å². The molecular formula is C17H20O4. The molecule has 0 aromatic heterocycles. The highest BCUT2D eigenvalue weighted by Gasteiger charge is 2.21. The zero-order valence-electron chi connectivity index (χ0n) is 12.8. The third-order valence-electron chi connectivity index (χ3n) is 2.66. The Bertz CT molecular complexity index is 562. The van der Waals surface area contributed by atoms with Crippen LogP contribution in [0.3, 0.4) is 0 Å². The molecule has 0 radical (unpaired) electrons. The van der Waals surface area contributed by atoms with Crippen molar-refractivity contribution in [3.8, 4) is 11.8 Å². The van der Waals surface area contributed by atoms with E-state index in [1.807, 2.05) is 24.3 Å². The number of carbonyl (C=O) groups excluding carboxylic acids is 1. The first-order valence-electron chi connectivity index (χ1n) is 6.48. The molecule has 4 nitrogen and oxygen atoms in total. The summed E-state index contributed by atoms with van der Waals surface area (Å²) in [5, 5.41) is 0. The molecule has 0 aliphatic rings. The molecule has 0 amide bonds. The second-order valence-corrected chi connectivity index (χ2v) is 4.47. The largest absolute Gasteiger partial charge is 0.444 e. The van der Waals surface area contributed by atoms with Gasteiger partial charge in [0.1, 0.15) is 0 Å². The summed E-state index contributed by atoms with van der Waals surface area (Å²) < 4.78 is 15.9. The van der Waals surface area contributed by atoms with Gasteiger partial charge in [-0.2, -0.15) is 0 Å². The number of allylic oxidation sites excluding steroid dienone is 1. The number of rotatable bonds is 5. The Morgan fingerprint density at radius 1 is 1.14 bits per heavy atom. The Hall–Kier alpha value is -2.09. The van der Waals surface area contributed by atoms with E-state index in [1.54, 1.807) is 21.1 Å². The van der Waals surface area contributed by atoms with Crippen molar-refractivity contribution in [2.24, 2.45) is 0 Å². The standard InChI is InChI=1S/C17H20O4/c1-12(2)10-11-16(21-13(3)18)14-8-6-7-9-15(14)17(19-4)20-5/h6-9,16-17H,1H2,2-5H3. The summed E-state index contributed by atoms with van der Waals surface area (Å²) >= 11 is 0. The highest BCUT2D eigenvalue weighted by molar-refractivity contribution is 5.67. The number of ether oxygens (including phenoxy) is 3. The van der Waals surface area contributed by atoms with Crippen molar-refractivity contribution in [1.29, 1.82) is 0 Å². The van der Waals surface area contributed by atoms with Gasteiger partial charge in [-0.3, -0.25) is 4.79 Å². The molecular weight excluding hydrogens is 268 g/mol. The molecule has 1 aromatic rings. The van der Waals surface area contributed by atoms with Crippen molar-refractivity contribution < 1.29 is 19.0 Å². The fourth-order valence-corrected chi connectivity index (χ4v) is 1.84. The van der Waals surface area contributed by atoms with Crippen LogP contribution in [0.25, 0.3) is 0 Å². The van der Waals surface area contributed by atoms with Crippen LogP contribution < -0.4 is 0 Å². The van der Waals surface area contributed by atoms with E-state index in [2.05, 4.69) is 18.4 Å². The normalized spacial score (nSPS) is 11.5. The van der Waals surface area contributed by atoms with E-state index >= 15 is 0 Å². The minimum Gasteiger partial charge on any atom is -0.444 e. The van der Waals surface area contributed by atoms with Gasteiger partial charge in [0.15, 0.2) is 12.4 Å². The highest BCUT2D eigenvalue weighted by Crippen LogP contribution is 2.28. The van der Waals surface area contributed by atoms with Gasteiger partial charge in [-0.1, -0.05) is 36.8 Å². The molecule has 0 heterocycles. The average Bonchev–Trinajstić information content (AvgIpc) is 2.45. The first kappa shape index (κ1) is 17.0. The third kappa shape index (κ3) is 5.07. The van der Waals surface area contributed by atoms with Crippen LogP contribution in [0.15, 0.2) is 36.4 Å². The van der Waals surface area contributed by atoms with Gasteiger partial charge in [0.05, 0.1) is 0 Å². The maximum atomic E-state index is 11.3. The van der Waals surface area contributed by atoms with E-state index in [9.17, 15) is 4.79 Å². The van der Waals surface area contributed by atoms with Gasteiger partial charge in [-0.05, 0) is 18.4 Å². The van der Waals surface area contributed by atoms with Crippen LogP contribution in [0.5, 0.6) is 0 Å². The molecule has 0 saturated heterocycles. The predicted molar refractivity (Wildman–Crippen MR) is 80.3 cm³/mol. The first-order chi connectivity index (χ1) is 9.99. The molecule has 0 fully saturated rings. The van der Waals surface area contributed by atoms with Gasteiger partial charge < -0.3 is 14.2 Å². The Balaban J connectivity index is 3.27. The van der Waals surface area contributed by atoms with Gasteiger partial charge >= 0.3 is 5.97 Å². The van der Waals surface area contributed by atoms with Crippen LogP contribution in [-0.2, 0) is 19.0 Å². The average molecular weight is 288 g/mol. The molecule has 0 bridgehead atoms. The predicted octanol–water partition coefficient (Wildman–Crippen LogP) is 3.16. The lowest BCUT2D eigenvalue weighted by atomic mass is 10.0. The molecule has 1 rings (SSSR count). The molecule has 0 spiro atoms. The fraction of sp³-hybridized carbons (Fsp3) is 0.353. The smallest absolute Gasteiger partial charge is 0.304 e. The van der Waals surface area contributed by atoms with E-state index in [1.165, 1.54) is 6.92 Å². The lowest BCUT2D eigenvalue weighted by Gasteiger charge is -2.20. The van der Waals surface area contributed by atoms with Gasteiger partial charge in [-0.15, -0.1) is 0 Å². The fourth-order valence-electron chi connectivity index (χ4n) is 1.84. The number of esters is 1. The number of methoxy groups -OCH3 is 2. The second kappa shape index (κ2) is 8.25. The van der Waals surface area contributed by atoms with Gasteiger partial charge in [0.2, 0.25) is 0 Å². The molecule has 0 saturated carbocycles. The van der Waals surface area contributed by atoms with Crippen molar-refractivity contribution in [3.05, 3.63) is 47.5 Å². The summed E-state index contributed by atoms with van der Waals surface area (Å²) in [6.07, 6.45) is -1.24. The lowest BCUT2D eigenvalue weighted by molar-refractivity contribution is -0.144. The van der Waals surface area contributed by atoms with Gasteiger partial charge in [0.25, 0.3) is 0 Å². The van der Waals surface area contributed by atoms with Crippen molar-refractivity contribution >= 4 is 5.97 Å². The number of hydrogen-bond donors (Lipinski definition) is 0. The summed E-state index contributed by atoms with van der Waals surface area (Å²) in [6, 6.07) is 7.40. The number of carbonyl (C=O) groups is 1. The minimum atomic E-state index is -0.691. The first-order valence-corrected chi connectivity index (χ1v) is 6.48. The van der Waals surface area contributed by atoms with Crippen LogP contribution in [0.2, 0.25) is 0 Å². The van der Waals surface area contributed by atoms with Crippen molar-refractivity contribution in [3.63, 3.8) is 0 Å². The monoisotopic (exact) mass is 288 g/mol. The van der Waals surface area contributed by atoms with E-state index in [0.717, 1.165) is 11.1 Å². The van der Waals surface area contributed by atoms with Crippen LogP contribution in [0.4, 0.5) is 0 Å². The Morgan fingerprint density at radius 2 is 1.71 bits per heavy atom. The Kier molecular flexibility index (Phi) is 6.67. The van der Waals surface area contributed by atoms with Crippen LogP contribution in [0.1, 0.15) is 37.4 Å². The molecule has 1 unspecified atom stereocenters. The molecule has 0 N–H and O–H groups in total. The van der Waals surface area contributed by atoms with E-state index in [0.29, 0.717) is 5.57 Å². The van der Waals surface area contributed by atoms with Crippen molar-refractivity contribution in [1.82, 2.24) is 0 Å². The molecule has 4 heteroatoms. The van der Waals surface area contributed by atoms with Gasteiger partial charge in [-0.25, -0.2) is 0 Å². The molecule has 112 valence electrons. The van der Waals surface area contributed by atoms with E-state index in [4.69, 9.17) is 14.2 Å². The summed E-state index contributed by atoms with van der Waals surface area (Å²) in [6.45, 7) is 6.86. The summed E-state index contributed by atoms with van der Waals surface area (Å²) in [7, 11) is 3.09. The summed E-state index contributed by atoms with van der Waals surface area (Å²) in [5.74, 6) is 5.35. The topological polar surface area (TPSA) is 44.8 Å². The third-order valence-corrected chi connectivity index (χ3v) is 2.66. The lowest BCUT2D eigenvalue weighted by Crippen LogP contribution is -2.13. The van der Waals surface area contributed by atoms with E-state index < -0.39 is 18.4 Å². The Labute approximate surface area is 125 Å². The summed E-state index contributed by atoms with van der Waals surface area (Å²) in [4.78, 5) is 11.3. The molecule has 21 heavy (non-hydrogen) atoms. The molecule has 1 aromatic carbocycles. The molecule has 0 aliphatic carbocycles. The maximum Gasteiger partial charge on any atom is 0.304 e. The second-order valence-electron chi connectivity index (χ2n) is 4.47. The molecule has 0 aliphatic heterocycles. The quantitative estimate of drug-likeness (QED) is 0.474. The zero-order chi connectivity index (χ0) is 15.8. The SMILES string of the molecule is C=C(C)C#CC(OC(C)=O)c1ccccc1C(OC)OC. The Morgan fingerprint density at radius 3 is 2.19 bits per heavy atom.